The van der Waals surface area contributed by atoms with Crippen LogP contribution >= 0.6 is 0 Å². The lowest BCUT2D eigenvalue weighted by Gasteiger charge is -2.28. The molecule has 0 radical (unpaired) electrons. The SMILES string of the molecule is Cn1cnc2c(c1=O)CCN(C(=O)Cc1ccccc1F)C2. The van der Waals surface area contributed by atoms with Gasteiger partial charge in [-0.25, -0.2) is 9.37 Å². The van der Waals surface area contributed by atoms with Crippen LogP contribution in [-0.2, 0) is 31.2 Å². The molecular formula is C16H16FN3O2. The van der Waals surface area contributed by atoms with Gasteiger partial charge in [0.2, 0.25) is 5.91 Å². The Labute approximate surface area is 127 Å². The van der Waals surface area contributed by atoms with E-state index in [1.165, 1.54) is 17.0 Å². The van der Waals surface area contributed by atoms with Crippen LogP contribution in [0.25, 0.3) is 0 Å². The number of amides is 1. The number of hydrogen-bond acceptors (Lipinski definition) is 3. The molecule has 0 aliphatic carbocycles. The molecular weight excluding hydrogens is 285 g/mol. The zero-order valence-corrected chi connectivity index (χ0v) is 12.3. The maximum atomic E-state index is 13.6. The van der Waals surface area contributed by atoms with Crippen LogP contribution < -0.4 is 5.56 Å². The molecule has 114 valence electrons. The average molecular weight is 301 g/mol. The first-order valence-electron chi connectivity index (χ1n) is 7.11. The smallest absolute Gasteiger partial charge is 0.256 e. The van der Waals surface area contributed by atoms with Gasteiger partial charge in [0.25, 0.3) is 5.56 Å². The highest BCUT2D eigenvalue weighted by atomic mass is 19.1. The van der Waals surface area contributed by atoms with Gasteiger partial charge >= 0.3 is 0 Å². The van der Waals surface area contributed by atoms with Gasteiger partial charge in [0.1, 0.15) is 5.82 Å². The molecule has 0 saturated carbocycles. The van der Waals surface area contributed by atoms with Crippen LogP contribution in [0, 0.1) is 5.82 Å². The number of nitrogens with zero attached hydrogens (tertiary/aromatic N) is 3. The number of fused-ring (bicyclic) bond motifs is 1. The van der Waals surface area contributed by atoms with Crippen molar-refractivity contribution in [2.75, 3.05) is 6.54 Å². The third-order valence-electron chi connectivity index (χ3n) is 3.94. The van der Waals surface area contributed by atoms with Crippen LogP contribution in [0.5, 0.6) is 0 Å². The second-order valence-corrected chi connectivity index (χ2v) is 5.42. The fourth-order valence-electron chi connectivity index (χ4n) is 2.65. The van der Waals surface area contributed by atoms with Crippen molar-refractivity contribution < 1.29 is 9.18 Å². The number of aryl methyl sites for hydroxylation is 1. The Balaban J connectivity index is 1.77. The Bertz CT molecular complexity index is 785. The Morgan fingerprint density at radius 3 is 2.91 bits per heavy atom. The predicted octanol–water partition coefficient (Wildman–Crippen LogP) is 1.05. The minimum Gasteiger partial charge on any atom is -0.336 e. The van der Waals surface area contributed by atoms with Crippen molar-refractivity contribution in [2.24, 2.45) is 7.05 Å². The van der Waals surface area contributed by atoms with Crippen LogP contribution in [0.4, 0.5) is 4.39 Å². The van der Waals surface area contributed by atoms with E-state index in [4.69, 9.17) is 0 Å². The fraction of sp³-hybridized carbons (Fsp3) is 0.312. The lowest BCUT2D eigenvalue weighted by molar-refractivity contribution is -0.131. The molecule has 0 bridgehead atoms. The summed E-state index contributed by atoms with van der Waals surface area (Å²) in [6.07, 6.45) is 1.97. The van der Waals surface area contributed by atoms with Crippen LogP contribution in [0.1, 0.15) is 16.8 Å². The molecule has 22 heavy (non-hydrogen) atoms. The number of benzene rings is 1. The Morgan fingerprint density at radius 2 is 2.14 bits per heavy atom. The van der Waals surface area contributed by atoms with Gasteiger partial charge in [0, 0.05) is 19.2 Å². The van der Waals surface area contributed by atoms with Gasteiger partial charge in [-0.2, -0.15) is 0 Å². The molecule has 0 N–H and O–H groups in total. The van der Waals surface area contributed by atoms with E-state index in [0.717, 1.165) is 0 Å². The van der Waals surface area contributed by atoms with Crippen molar-refractivity contribution >= 4 is 5.91 Å². The van der Waals surface area contributed by atoms with E-state index in [-0.39, 0.29) is 23.7 Å². The summed E-state index contributed by atoms with van der Waals surface area (Å²) in [6.45, 7) is 0.764. The van der Waals surface area contributed by atoms with E-state index in [2.05, 4.69) is 4.98 Å². The number of carbonyl (C=O) groups excluding carboxylic acids is 1. The first-order valence-corrected chi connectivity index (χ1v) is 7.11. The minimum atomic E-state index is -0.375. The zero-order valence-electron chi connectivity index (χ0n) is 12.3. The number of rotatable bonds is 2. The second-order valence-electron chi connectivity index (χ2n) is 5.42. The summed E-state index contributed by atoms with van der Waals surface area (Å²) < 4.78 is 15.1. The molecule has 3 rings (SSSR count). The molecule has 6 heteroatoms. The van der Waals surface area contributed by atoms with E-state index in [0.29, 0.717) is 36.3 Å². The normalized spacial score (nSPS) is 13.8. The Morgan fingerprint density at radius 1 is 1.36 bits per heavy atom. The summed E-state index contributed by atoms with van der Waals surface area (Å²) in [6, 6.07) is 6.26. The molecule has 5 nitrogen and oxygen atoms in total. The molecule has 1 amide bonds. The molecule has 0 atom stereocenters. The topological polar surface area (TPSA) is 55.2 Å². The summed E-state index contributed by atoms with van der Waals surface area (Å²) in [7, 11) is 1.66. The summed E-state index contributed by atoms with van der Waals surface area (Å²) >= 11 is 0. The van der Waals surface area contributed by atoms with Gasteiger partial charge in [-0.15, -0.1) is 0 Å². The summed E-state index contributed by atoms with van der Waals surface area (Å²) in [4.78, 5) is 30.2. The second kappa shape index (κ2) is 5.71. The van der Waals surface area contributed by atoms with Crippen LogP contribution in [0.2, 0.25) is 0 Å². The highest BCUT2D eigenvalue weighted by molar-refractivity contribution is 5.79. The van der Waals surface area contributed by atoms with E-state index < -0.39 is 0 Å². The molecule has 1 aromatic heterocycles. The predicted molar refractivity (Wildman–Crippen MR) is 78.7 cm³/mol. The maximum absolute atomic E-state index is 13.6. The van der Waals surface area contributed by atoms with Crippen LogP contribution in [0.15, 0.2) is 35.4 Å². The Kier molecular flexibility index (Phi) is 3.75. The molecule has 0 spiro atoms. The van der Waals surface area contributed by atoms with Gasteiger partial charge in [0.15, 0.2) is 0 Å². The van der Waals surface area contributed by atoms with Crippen molar-refractivity contribution in [1.29, 1.82) is 0 Å². The van der Waals surface area contributed by atoms with Crippen molar-refractivity contribution in [3.05, 3.63) is 63.6 Å². The first-order chi connectivity index (χ1) is 10.6. The van der Waals surface area contributed by atoms with Crippen molar-refractivity contribution in [3.8, 4) is 0 Å². The number of aromatic nitrogens is 2. The van der Waals surface area contributed by atoms with Crippen LogP contribution in [-0.4, -0.2) is 26.9 Å². The third kappa shape index (κ3) is 2.64. The molecule has 1 aromatic carbocycles. The fourth-order valence-corrected chi connectivity index (χ4v) is 2.65. The molecule has 1 aliphatic rings. The minimum absolute atomic E-state index is 0.0207. The molecule has 2 aromatic rings. The van der Waals surface area contributed by atoms with Gasteiger partial charge in [0.05, 0.1) is 25.0 Å². The summed E-state index contributed by atoms with van der Waals surface area (Å²) in [5, 5.41) is 0. The highest BCUT2D eigenvalue weighted by Gasteiger charge is 2.24. The summed E-state index contributed by atoms with van der Waals surface area (Å²) in [5.74, 6) is -0.529. The Hall–Kier alpha value is -2.50. The van der Waals surface area contributed by atoms with E-state index in [1.807, 2.05) is 0 Å². The van der Waals surface area contributed by atoms with Gasteiger partial charge in [-0.05, 0) is 18.1 Å². The lowest BCUT2D eigenvalue weighted by Crippen LogP contribution is -2.40. The average Bonchev–Trinajstić information content (AvgIpc) is 2.53. The van der Waals surface area contributed by atoms with E-state index in [1.54, 1.807) is 30.1 Å². The zero-order chi connectivity index (χ0) is 15.7. The molecule has 0 saturated heterocycles. The summed E-state index contributed by atoms with van der Waals surface area (Å²) in [5.41, 5.74) is 1.62. The quantitative estimate of drug-likeness (QED) is 0.833. The highest BCUT2D eigenvalue weighted by Crippen LogP contribution is 2.15. The number of hydrogen-bond donors (Lipinski definition) is 0. The van der Waals surface area contributed by atoms with Gasteiger partial charge in [-0.1, -0.05) is 18.2 Å². The van der Waals surface area contributed by atoms with E-state index in [9.17, 15) is 14.0 Å². The third-order valence-corrected chi connectivity index (χ3v) is 3.94. The largest absolute Gasteiger partial charge is 0.336 e. The standard InChI is InChI=1S/C16H16FN3O2/c1-19-10-18-14-9-20(7-6-12(14)16(19)22)15(21)8-11-4-2-3-5-13(11)17/h2-5,10H,6-9H2,1H3. The molecule has 1 aliphatic heterocycles. The van der Waals surface area contributed by atoms with E-state index >= 15 is 0 Å². The monoisotopic (exact) mass is 301 g/mol. The number of carbonyl (C=O) groups is 1. The van der Waals surface area contributed by atoms with Gasteiger partial charge < -0.3 is 9.47 Å². The lowest BCUT2D eigenvalue weighted by atomic mass is 10.0. The first kappa shape index (κ1) is 14.4. The van der Waals surface area contributed by atoms with Crippen molar-refractivity contribution in [3.63, 3.8) is 0 Å². The van der Waals surface area contributed by atoms with Crippen LogP contribution in [0.3, 0.4) is 0 Å². The van der Waals surface area contributed by atoms with Crippen molar-refractivity contribution in [1.82, 2.24) is 14.5 Å². The number of halogens is 1. The maximum Gasteiger partial charge on any atom is 0.256 e. The molecule has 2 heterocycles. The van der Waals surface area contributed by atoms with Gasteiger partial charge in [-0.3, -0.25) is 9.59 Å². The van der Waals surface area contributed by atoms with Crippen molar-refractivity contribution in [2.45, 2.75) is 19.4 Å². The molecule has 0 unspecified atom stereocenters. The molecule has 0 fully saturated rings.